The molecule has 0 radical (unpaired) electrons. The zero-order chi connectivity index (χ0) is 22.8. The van der Waals surface area contributed by atoms with Gasteiger partial charge in [-0.05, 0) is 48.4 Å². The standard InChI is InChI=1S/C21H21ClN4O3S3/c1-3-29-17-9-6-15(10-18(17)28-2)11-23-24-19(27)13-31-21-26-25-20(32-21)30-12-14-4-7-16(22)8-5-14/h4-11H,3,12-13H2,1-2H3,(H,24,27). The quantitative estimate of drug-likeness (QED) is 0.218. The Morgan fingerprint density at radius 3 is 2.62 bits per heavy atom. The molecule has 1 N–H and O–H groups in total. The molecule has 0 saturated carbocycles. The van der Waals surface area contributed by atoms with Gasteiger partial charge in [-0.1, -0.05) is 58.6 Å². The fraction of sp³-hybridized carbons (Fsp3) is 0.238. The third kappa shape index (κ3) is 7.70. The van der Waals surface area contributed by atoms with Crippen LogP contribution in [-0.2, 0) is 10.5 Å². The van der Waals surface area contributed by atoms with E-state index >= 15 is 0 Å². The highest BCUT2D eigenvalue weighted by Crippen LogP contribution is 2.31. The lowest BCUT2D eigenvalue weighted by Crippen LogP contribution is -2.19. The van der Waals surface area contributed by atoms with Crippen LogP contribution in [-0.4, -0.2) is 41.8 Å². The van der Waals surface area contributed by atoms with Gasteiger partial charge in [-0.3, -0.25) is 4.79 Å². The third-order valence-corrected chi connectivity index (χ3v) is 7.39. The summed E-state index contributed by atoms with van der Waals surface area (Å²) < 4.78 is 12.4. The molecule has 3 aromatic rings. The molecule has 168 valence electrons. The van der Waals surface area contributed by atoms with Crippen LogP contribution in [0.3, 0.4) is 0 Å². The van der Waals surface area contributed by atoms with Crippen molar-refractivity contribution in [2.24, 2.45) is 5.10 Å². The number of halogens is 1. The topological polar surface area (TPSA) is 85.7 Å². The van der Waals surface area contributed by atoms with E-state index in [1.54, 1.807) is 37.2 Å². The van der Waals surface area contributed by atoms with Crippen molar-refractivity contribution in [2.75, 3.05) is 19.5 Å². The van der Waals surface area contributed by atoms with E-state index in [1.165, 1.54) is 23.1 Å². The van der Waals surface area contributed by atoms with Crippen LogP contribution in [0.1, 0.15) is 18.1 Å². The number of benzene rings is 2. The smallest absolute Gasteiger partial charge is 0.250 e. The first-order chi connectivity index (χ1) is 15.6. The number of hydrogen-bond acceptors (Lipinski definition) is 9. The number of rotatable bonds is 11. The molecule has 0 spiro atoms. The zero-order valence-corrected chi connectivity index (χ0v) is 20.6. The Morgan fingerprint density at radius 1 is 1.16 bits per heavy atom. The second kappa shape index (κ2) is 12.7. The SMILES string of the molecule is CCOc1ccc(C=NNC(=O)CSc2nnc(SCc3ccc(Cl)cc3)s2)cc1OC. The second-order valence-electron chi connectivity index (χ2n) is 6.17. The fourth-order valence-corrected chi connectivity index (χ4v) is 5.31. The number of ether oxygens (including phenoxy) is 2. The van der Waals surface area contributed by atoms with E-state index in [9.17, 15) is 4.79 Å². The van der Waals surface area contributed by atoms with E-state index in [0.29, 0.717) is 18.1 Å². The molecule has 0 unspecified atom stereocenters. The molecule has 0 aliphatic rings. The summed E-state index contributed by atoms with van der Waals surface area (Å²) in [5, 5.41) is 13.0. The first kappa shape index (κ1) is 24.4. The van der Waals surface area contributed by atoms with Gasteiger partial charge in [0.25, 0.3) is 5.91 Å². The van der Waals surface area contributed by atoms with Crippen molar-refractivity contribution in [3.8, 4) is 11.5 Å². The van der Waals surface area contributed by atoms with Crippen molar-refractivity contribution < 1.29 is 14.3 Å². The van der Waals surface area contributed by atoms with E-state index < -0.39 is 0 Å². The molecule has 1 amide bonds. The van der Waals surface area contributed by atoms with Gasteiger partial charge in [-0.2, -0.15) is 5.10 Å². The van der Waals surface area contributed by atoms with Crippen molar-refractivity contribution in [2.45, 2.75) is 21.4 Å². The number of hydrogen-bond donors (Lipinski definition) is 1. The summed E-state index contributed by atoms with van der Waals surface area (Å²) in [5.74, 6) is 2.02. The molecule has 0 aliphatic carbocycles. The van der Waals surface area contributed by atoms with Crippen LogP contribution < -0.4 is 14.9 Å². The average Bonchev–Trinajstić information content (AvgIpc) is 3.26. The zero-order valence-electron chi connectivity index (χ0n) is 17.4. The van der Waals surface area contributed by atoms with Gasteiger partial charge >= 0.3 is 0 Å². The first-order valence-electron chi connectivity index (χ1n) is 9.53. The predicted octanol–water partition coefficient (Wildman–Crippen LogP) is 5.13. The summed E-state index contributed by atoms with van der Waals surface area (Å²) in [6, 6.07) is 13.1. The summed E-state index contributed by atoms with van der Waals surface area (Å²) in [7, 11) is 1.58. The number of methoxy groups -OCH3 is 1. The minimum absolute atomic E-state index is 0.195. The van der Waals surface area contributed by atoms with Crippen molar-refractivity contribution in [1.82, 2.24) is 15.6 Å². The van der Waals surface area contributed by atoms with Gasteiger partial charge in [-0.15, -0.1) is 10.2 Å². The van der Waals surface area contributed by atoms with Crippen molar-refractivity contribution >= 4 is 58.6 Å². The summed E-state index contributed by atoms with van der Waals surface area (Å²) in [5.41, 5.74) is 4.46. The number of thioether (sulfide) groups is 2. The molecular weight excluding hydrogens is 488 g/mol. The average molecular weight is 509 g/mol. The number of nitrogens with zero attached hydrogens (tertiary/aromatic N) is 3. The summed E-state index contributed by atoms with van der Waals surface area (Å²) in [4.78, 5) is 12.1. The molecule has 0 fully saturated rings. The molecule has 0 aliphatic heterocycles. The van der Waals surface area contributed by atoms with Crippen LogP contribution in [0.25, 0.3) is 0 Å². The Kier molecular flexibility index (Phi) is 9.66. The Bertz CT molecular complexity index is 1060. The first-order valence-corrected chi connectivity index (χ1v) is 12.7. The van der Waals surface area contributed by atoms with E-state index in [0.717, 1.165) is 30.6 Å². The van der Waals surface area contributed by atoms with Gasteiger partial charge in [0, 0.05) is 10.8 Å². The number of hydrazone groups is 1. The van der Waals surface area contributed by atoms with Crippen molar-refractivity contribution in [1.29, 1.82) is 0 Å². The van der Waals surface area contributed by atoms with Crippen LogP contribution in [0.4, 0.5) is 0 Å². The van der Waals surface area contributed by atoms with Crippen molar-refractivity contribution in [3.63, 3.8) is 0 Å². The number of carbonyl (C=O) groups is 1. The monoisotopic (exact) mass is 508 g/mol. The minimum Gasteiger partial charge on any atom is -0.493 e. The number of amides is 1. The molecule has 0 bridgehead atoms. The largest absolute Gasteiger partial charge is 0.493 e. The van der Waals surface area contributed by atoms with Crippen LogP contribution in [0, 0.1) is 0 Å². The van der Waals surface area contributed by atoms with Gasteiger partial charge < -0.3 is 9.47 Å². The maximum atomic E-state index is 12.1. The Morgan fingerprint density at radius 2 is 1.91 bits per heavy atom. The predicted molar refractivity (Wildman–Crippen MR) is 132 cm³/mol. The molecule has 1 aromatic heterocycles. The number of carbonyl (C=O) groups excluding carboxylic acids is 1. The lowest BCUT2D eigenvalue weighted by molar-refractivity contribution is -0.118. The van der Waals surface area contributed by atoms with Gasteiger partial charge in [0.15, 0.2) is 20.2 Å². The molecule has 0 atom stereocenters. The van der Waals surface area contributed by atoms with Crippen LogP contribution in [0.15, 0.2) is 56.2 Å². The van der Waals surface area contributed by atoms with Gasteiger partial charge in [0.2, 0.25) is 0 Å². The second-order valence-corrected chi connectivity index (χ2v) is 10.0. The van der Waals surface area contributed by atoms with E-state index in [-0.39, 0.29) is 11.7 Å². The Balaban J connectivity index is 1.42. The summed E-state index contributed by atoms with van der Waals surface area (Å²) in [6.07, 6.45) is 1.55. The molecule has 0 saturated heterocycles. The fourth-order valence-electron chi connectivity index (χ4n) is 2.42. The lowest BCUT2D eigenvalue weighted by Gasteiger charge is -2.09. The highest BCUT2D eigenvalue weighted by molar-refractivity contribution is 8.03. The molecule has 1 heterocycles. The molecular formula is C21H21ClN4O3S3. The molecule has 11 heteroatoms. The van der Waals surface area contributed by atoms with Gasteiger partial charge in [-0.25, -0.2) is 5.43 Å². The highest BCUT2D eigenvalue weighted by Gasteiger charge is 2.09. The number of nitrogens with one attached hydrogen (secondary N) is 1. The van der Waals surface area contributed by atoms with Gasteiger partial charge in [0.05, 0.1) is 25.7 Å². The Labute approximate surface area is 204 Å². The minimum atomic E-state index is -0.227. The lowest BCUT2D eigenvalue weighted by atomic mass is 10.2. The van der Waals surface area contributed by atoms with E-state index in [4.69, 9.17) is 21.1 Å². The highest BCUT2D eigenvalue weighted by atomic mass is 35.5. The summed E-state index contributed by atoms with van der Waals surface area (Å²) >= 11 is 10.3. The third-order valence-electron chi connectivity index (χ3n) is 3.88. The van der Waals surface area contributed by atoms with E-state index in [2.05, 4.69) is 20.7 Å². The van der Waals surface area contributed by atoms with Crippen LogP contribution in [0.2, 0.25) is 5.02 Å². The molecule has 7 nitrogen and oxygen atoms in total. The number of aromatic nitrogens is 2. The molecule has 32 heavy (non-hydrogen) atoms. The van der Waals surface area contributed by atoms with Crippen molar-refractivity contribution in [3.05, 3.63) is 58.6 Å². The Hall–Kier alpha value is -2.27. The normalized spacial score (nSPS) is 11.0. The van der Waals surface area contributed by atoms with E-state index in [1.807, 2.05) is 37.3 Å². The maximum absolute atomic E-state index is 12.1. The maximum Gasteiger partial charge on any atom is 0.250 e. The summed E-state index contributed by atoms with van der Waals surface area (Å²) in [6.45, 7) is 2.46. The molecule has 2 aromatic carbocycles. The van der Waals surface area contributed by atoms with Crippen LogP contribution >= 0.6 is 46.5 Å². The van der Waals surface area contributed by atoms with Gasteiger partial charge in [0.1, 0.15) is 0 Å². The molecule has 3 rings (SSSR count). The van der Waals surface area contributed by atoms with Crippen LogP contribution in [0.5, 0.6) is 11.5 Å².